The van der Waals surface area contributed by atoms with Crippen LogP contribution in [0.3, 0.4) is 0 Å². The number of piperidine rings is 1. The molecule has 1 aromatic rings. The van der Waals surface area contributed by atoms with Gasteiger partial charge < -0.3 is 20.4 Å². The van der Waals surface area contributed by atoms with Crippen molar-refractivity contribution in [2.24, 2.45) is 4.99 Å². The average molecular weight is 339 g/mol. The second kappa shape index (κ2) is 9.72. The molecule has 6 nitrogen and oxygen atoms in total. The summed E-state index contributed by atoms with van der Waals surface area (Å²) in [6, 6.07) is 0. The van der Waals surface area contributed by atoms with E-state index in [0.717, 1.165) is 36.4 Å². The zero-order chi connectivity index (χ0) is 16.5. The van der Waals surface area contributed by atoms with Gasteiger partial charge in [0.25, 0.3) is 0 Å². The number of nitrogens with zero attached hydrogens (tertiary/aromatic N) is 4. The minimum atomic E-state index is 0.614. The van der Waals surface area contributed by atoms with Crippen molar-refractivity contribution in [1.29, 1.82) is 0 Å². The molecule has 0 saturated carbocycles. The predicted octanol–water partition coefficient (Wildman–Crippen LogP) is 1.75. The van der Waals surface area contributed by atoms with Crippen LogP contribution in [0.4, 0.5) is 5.13 Å². The van der Waals surface area contributed by atoms with Crippen LogP contribution < -0.4 is 15.5 Å². The highest BCUT2D eigenvalue weighted by Gasteiger charge is 2.09. The summed E-state index contributed by atoms with van der Waals surface area (Å²) in [5, 5.41) is 9.84. The van der Waals surface area contributed by atoms with Gasteiger partial charge in [-0.05, 0) is 32.9 Å². The number of anilines is 1. The van der Waals surface area contributed by atoms with E-state index in [0.29, 0.717) is 6.54 Å². The van der Waals surface area contributed by atoms with Crippen LogP contribution in [-0.2, 0) is 6.54 Å². The van der Waals surface area contributed by atoms with E-state index in [1.165, 1.54) is 32.4 Å². The van der Waals surface area contributed by atoms with Gasteiger partial charge in [-0.15, -0.1) is 11.3 Å². The Morgan fingerprint density at radius 1 is 1.30 bits per heavy atom. The summed E-state index contributed by atoms with van der Waals surface area (Å²) in [5.41, 5.74) is 1.02. The fourth-order valence-corrected chi connectivity index (χ4v) is 3.34. The van der Waals surface area contributed by atoms with Crippen LogP contribution in [0.2, 0.25) is 0 Å². The van der Waals surface area contributed by atoms with E-state index in [2.05, 4.69) is 37.8 Å². The highest BCUT2D eigenvalue weighted by Crippen LogP contribution is 2.18. The molecule has 0 atom stereocenters. The molecule has 23 heavy (non-hydrogen) atoms. The van der Waals surface area contributed by atoms with E-state index in [1.54, 1.807) is 11.3 Å². The van der Waals surface area contributed by atoms with Crippen molar-refractivity contribution in [2.45, 2.75) is 32.7 Å². The molecule has 0 unspecified atom stereocenters. The summed E-state index contributed by atoms with van der Waals surface area (Å²) in [7, 11) is 4.02. The smallest absolute Gasteiger partial charge is 0.191 e. The van der Waals surface area contributed by atoms with Crippen molar-refractivity contribution in [3.8, 4) is 0 Å². The number of hydrogen-bond donors (Lipinski definition) is 2. The highest BCUT2D eigenvalue weighted by atomic mass is 32.1. The van der Waals surface area contributed by atoms with Crippen molar-refractivity contribution in [3.63, 3.8) is 0 Å². The zero-order valence-corrected chi connectivity index (χ0v) is 15.5. The Balaban J connectivity index is 1.78. The summed E-state index contributed by atoms with van der Waals surface area (Å²) < 4.78 is 0. The quantitative estimate of drug-likeness (QED) is 0.586. The molecule has 2 heterocycles. The molecule has 0 amide bonds. The first-order chi connectivity index (χ1) is 11.2. The molecule has 2 N–H and O–H groups in total. The molecular weight excluding hydrogens is 308 g/mol. The van der Waals surface area contributed by atoms with Gasteiger partial charge in [0.2, 0.25) is 0 Å². The van der Waals surface area contributed by atoms with E-state index in [9.17, 15) is 0 Å². The Bertz CT molecular complexity index is 479. The fraction of sp³-hybridized carbons (Fsp3) is 0.750. The lowest BCUT2D eigenvalue weighted by atomic mass is 10.1. The topological polar surface area (TPSA) is 55.8 Å². The molecule has 0 aromatic carbocycles. The third-order valence-electron chi connectivity index (χ3n) is 3.83. The Hall–Kier alpha value is -1.34. The first kappa shape index (κ1) is 18.0. The number of aromatic nitrogens is 1. The van der Waals surface area contributed by atoms with Crippen LogP contribution in [0.1, 0.15) is 31.9 Å². The van der Waals surface area contributed by atoms with Crippen LogP contribution in [0, 0.1) is 0 Å². The van der Waals surface area contributed by atoms with Crippen LogP contribution in [0.15, 0.2) is 10.4 Å². The number of likely N-dealkylation sites (tertiary alicyclic amines) is 1. The summed E-state index contributed by atoms with van der Waals surface area (Å²) in [5.74, 6) is 0.879. The van der Waals surface area contributed by atoms with E-state index in [4.69, 9.17) is 0 Å². The summed E-state index contributed by atoms with van der Waals surface area (Å²) in [6.45, 7) is 8.08. The van der Waals surface area contributed by atoms with Gasteiger partial charge in [0.15, 0.2) is 11.1 Å². The molecule has 7 heteroatoms. The number of thiazole rings is 1. The Morgan fingerprint density at radius 2 is 2.09 bits per heavy atom. The van der Waals surface area contributed by atoms with Crippen molar-refractivity contribution in [2.75, 3.05) is 51.7 Å². The lowest BCUT2D eigenvalue weighted by Gasteiger charge is -2.26. The number of hydrogen-bond acceptors (Lipinski definition) is 5. The maximum atomic E-state index is 4.64. The first-order valence-electron chi connectivity index (χ1n) is 8.55. The van der Waals surface area contributed by atoms with Gasteiger partial charge in [-0.1, -0.05) is 6.42 Å². The lowest BCUT2D eigenvalue weighted by molar-refractivity contribution is 0.232. The predicted molar refractivity (Wildman–Crippen MR) is 99.6 cm³/mol. The number of guanidine groups is 1. The minimum absolute atomic E-state index is 0.614. The summed E-state index contributed by atoms with van der Waals surface area (Å²) >= 11 is 1.66. The standard InChI is InChI=1S/C16H30N6S/c1-4-17-15(18-8-11-22-9-6-5-7-10-22)19-12-14-13-23-16(20-14)21(2)3/h13H,4-12H2,1-3H3,(H2,17,18,19). The first-order valence-corrected chi connectivity index (χ1v) is 9.43. The molecule has 1 aromatic heterocycles. The molecule has 130 valence electrons. The van der Waals surface area contributed by atoms with Crippen molar-refractivity contribution in [3.05, 3.63) is 11.1 Å². The van der Waals surface area contributed by atoms with Gasteiger partial charge in [0, 0.05) is 39.1 Å². The van der Waals surface area contributed by atoms with Crippen LogP contribution in [0.5, 0.6) is 0 Å². The largest absolute Gasteiger partial charge is 0.357 e. The van der Waals surface area contributed by atoms with Gasteiger partial charge in [0.1, 0.15) is 0 Å². The molecule has 1 fully saturated rings. The van der Waals surface area contributed by atoms with Crippen molar-refractivity contribution < 1.29 is 0 Å². The van der Waals surface area contributed by atoms with Gasteiger partial charge in [0.05, 0.1) is 12.2 Å². The Morgan fingerprint density at radius 3 is 2.74 bits per heavy atom. The molecule has 0 spiro atoms. The van der Waals surface area contributed by atoms with Crippen molar-refractivity contribution in [1.82, 2.24) is 20.5 Å². The van der Waals surface area contributed by atoms with E-state index >= 15 is 0 Å². The zero-order valence-electron chi connectivity index (χ0n) is 14.6. The van der Waals surface area contributed by atoms with Gasteiger partial charge in [-0.2, -0.15) is 0 Å². The van der Waals surface area contributed by atoms with E-state index < -0.39 is 0 Å². The fourth-order valence-electron chi connectivity index (χ4n) is 2.59. The second-order valence-electron chi connectivity index (χ2n) is 6.04. The van der Waals surface area contributed by atoms with E-state index in [1.807, 2.05) is 19.0 Å². The van der Waals surface area contributed by atoms with Crippen molar-refractivity contribution >= 4 is 22.4 Å². The highest BCUT2D eigenvalue weighted by molar-refractivity contribution is 7.13. The average Bonchev–Trinajstić information content (AvgIpc) is 3.03. The molecule has 0 aliphatic carbocycles. The summed E-state index contributed by atoms with van der Waals surface area (Å²) in [6.07, 6.45) is 4.06. The lowest BCUT2D eigenvalue weighted by Crippen LogP contribution is -2.42. The second-order valence-corrected chi connectivity index (χ2v) is 6.88. The minimum Gasteiger partial charge on any atom is -0.357 e. The van der Waals surface area contributed by atoms with Gasteiger partial charge in [-0.3, -0.25) is 0 Å². The third kappa shape index (κ3) is 6.35. The number of rotatable bonds is 7. The van der Waals surface area contributed by atoms with E-state index in [-0.39, 0.29) is 0 Å². The number of aliphatic imine (C=N–C) groups is 1. The maximum Gasteiger partial charge on any atom is 0.191 e. The molecule has 0 bridgehead atoms. The van der Waals surface area contributed by atoms with Crippen LogP contribution in [0.25, 0.3) is 0 Å². The maximum absolute atomic E-state index is 4.64. The monoisotopic (exact) mass is 338 g/mol. The van der Waals surface area contributed by atoms with Gasteiger partial charge in [-0.25, -0.2) is 9.98 Å². The molecule has 1 saturated heterocycles. The SMILES string of the molecule is CCNC(=NCc1csc(N(C)C)n1)NCCN1CCCCC1. The molecule has 0 radical (unpaired) electrons. The molecule has 2 rings (SSSR count). The van der Waals surface area contributed by atoms with Gasteiger partial charge >= 0.3 is 0 Å². The normalized spacial score (nSPS) is 16.4. The molecular formula is C16H30N6S. The number of nitrogens with one attached hydrogen (secondary N) is 2. The molecule has 1 aliphatic rings. The van der Waals surface area contributed by atoms with Crippen LogP contribution in [-0.4, -0.2) is 62.7 Å². The summed E-state index contributed by atoms with van der Waals surface area (Å²) in [4.78, 5) is 13.8. The third-order valence-corrected chi connectivity index (χ3v) is 4.89. The molecule has 1 aliphatic heterocycles. The Labute approximate surface area is 144 Å². The Kier molecular flexibility index (Phi) is 7.61. The van der Waals surface area contributed by atoms with Crippen LogP contribution >= 0.6 is 11.3 Å².